The maximum atomic E-state index is 6.19. The second-order valence-electron chi connectivity index (χ2n) is 6.60. The minimum absolute atomic E-state index is 0.761. The Labute approximate surface area is 166 Å². The zero-order chi connectivity index (χ0) is 18.4. The van der Waals surface area contributed by atoms with Crippen LogP contribution in [0.25, 0.3) is 6.08 Å². The molecule has 0 aromatic heterocycles. The second-order valence-corrected chi connectivity index (χ2v) is 7.39. The molecule has 0 atom stereocenters. The number of halogens is 1. The van der Waals surface area contributed by atoms with E-state index in [1.165, 1.54) is 5.56 Å². The highest BCUT2D eigenvalue weighted by Gasteiger charge is 2.21. The lowest BCUT2D eigenvalue weighted by Crippen LogP contribution is -3.14. The van der Waals surface area contributed by atoms with Gasteiger partial charge in [0, 0.05) is 10.7 Å². The van der Waals surface area contributed by atoms with Gasteiger partial charge in [-0.15, -0.1) is 0 Å². The van der Waals surface area contributed by atoms with Crippen LogP contribution in [0.4, 0.5) is 5.69 Å². The summed E-state index contributed by atoms with van der Waals surface area (Å²) in [5.74, 6) is 0. The summed E-state index contributed by atoms with van der Waals surface area (Å²) >= 11 is 11.8. The van der Waals surface area contributed by atoms with E-state index >= 15 is 0 Å². The van der Waals surface area contributed by atoms with Crippen LogP contribution in [0.2, 0.25) is 5.02 Å². The number of thiocarbonyl (C=S) groups is 1. The number of rotatable bonds is 4. The van der Waals surface area contributed by atoms with Crippen molar-refractivity contribution in [2.75, 3.05) is 38.0 Å². The fraction of sp³-hybridized carbons (Fsp3) is 0.286. The molecule has 3 nitrogen and oxygen atoms in total. The molecule has 0 amide bonds. The van der Waals surface area contributed by atoms with Crippen LogP contribution >= 0.6 is 23.8 Å². The maximum Gasteiger partial charge on any atom is 0.173 e. The van der Waals surface area contributed by atoms with Crippen molar-refractivity contribution >= 4 is 40.7 Å². The molecular formula is C21H25ClN3S+. The molecule has 1 fully saturated rings. The summed E-state index contributed by atoms with van der Waals surface area (Å²) in [6, 6.07) is 16.3. The van der Waals surface area contributed by atoms with E-state index in [9.17, 15) is 0 Å². The van der Waals surface area contributed by atoms with Gasteiger partial charge in [-0.05, 0) is 48.5 Å². The van der Waals surface area contributed by atoms with Gasteiger partial charge in [0.2, 0.25) is 0 Å². The Morgan fingerprint density at radius 1 is 1.15 bits per heavy atom. The Morgan fingerprint density at radius 3 is 2.62 bits per heavy atom. The standard InChI is InChI=1S/C21H24ClN3S/c1-17-19(22)10-5-11-20(17)23-21(26)25-15-13-24(14-16-25)12-6-9-18-7-3-2-4-8-18/h2-11H,12-16H2,1H3,(H,23,26)/p+1/b9-6+. The van der Waals surface area contributed by atoms with Crippen LogP contribution < -0.4 is 10.2 Å². The third-order valence-electron chi connectivity index (χ3n) is 4.78. The van der Waals surface area contributed by atoms with E-state index in [4.69, 9.17) is 23.8 Å². The van der Waals surface area contributed by atoms with Crippen molar-refractivity contribution in [1.82, 2.24) is 4.90 Å². The lowest BCUT2D eigenvalue weighted by atomic mass is 10.2. The lowest BCUT2D eigenvalue weighted by Gasteiger charge is -2.33. The van der Waals surface area contributed by atoms with Crippen molar-refractivity contribution in [3.8, 4) is 0 Å². The third kappa shape index (κ3) is 5.07. The average molecular weight is 387 g/mol. The highest BCUT2D eigenvalue weighted by molar-refractivity contribution is 7.80. The van der Waals surface area contributed by atoms with Crippen LogP contribution in [0.1, 0.15) is 11.1 Å². The number of anilines is 1. The Bertz CT molecular complexity index is 768. The summed E-state index contributed by atoms with van der Waals surface area (Å²) in [6.45, 7) is 7.19. The predicted octanol–water partition coefficient (Wildman–Crippen LogP) is 3.26. The van der Waals surface area contributed by atoms with Crippen LogP contribution in [-0.4, -0.2) is 42.7 Å². The number of nitrogens with zero attached hydrogens (tertiary/aromatic N) is 1. The van der Waals surface area contributed by atoms with Crippen LogP contribution in [0.5, 0.6) is 0 Å². The quantitative estimate of drug-likeness (QED) is 0.787. The van der Waals surface area contributed by atoms with Gasteiger partial charge in [0.1, 0.15) is 0 Å². The molecule has 1 saturated heterocycles. The summed E-state index contributed by atoms with van der Waals surface area (Å²) in [6.07, 6.45) is 4.47. The van der Waals surface area contributed by atoms with Gasteiger partial charge < -0.3 is 15.1 Å². The molecule has 2 aromatic rings. The molecule has 2 N–H and O–H groups in total. The first-order valence-corrected chi connectivity index (χ1v) is 9.78. The Hall–Kier alpha value is -1.88. The van der Waals surface area contributed by atoms with Gasteiger partial charge in [-0.1, -0.05) is 54.1 Å². The SMILES string of the molecule is Cc1c(Cl)cccc1NC(=S)N1CC[NH+](C/C=C/c2ccccc2)CC1. The monoisotopic (exact) mass is 386 g/mol. The van der Waals surface area contributed by atoms with Gasteiger partial charge in [-0.2, -0.15) is 0 Å². The molecule has 0 aliphatic carbocycles. The molecule has 1 heterocycles. The van der Waals surface area contributed by atoms with Crippen molar-refractivity contribution in [3.63, 3.8) is 0 Å². The smallest absolute Gasteiger partial charge is 0.173 e. The molecule has 1 aliphatic rings. The van der Waals surface area contributed by atoms with Gasteiger partial charge in [0.25, 0.3) is 0 Å². The minimum Gasteiger partial charge on any atom is -0.338 e. The third-order valence-corrected chi connectivity index (χ3v) is 5.55. The fourth-order valence-electron chi connectivity index (χ4n) is 3.09. The molecule has 2 aromatic carbocycles. The number of hydrogen-bond acceptors (Lipinski definition) is 1. The van der Waals surface area contributed by atoms with Gasteiger partial charge >= 0.3 is 0 Å². The van der Waals surface area contributed by atoms with E-state index < -0.39 is 0 Å². The Balaban J connectivity index is 1.46. The molecule has 0 saturated carbocycles. The van der Waals surface area contributed by atoms with Crippen molar-refractivity contribution in [3.05, 3.63) is 70.8 Å². The normalized spacial score (nSPS) is 15.4. The van der Waals surface area contributed by atoms with E-state index in [0.717, 1.165) is 54.1 Å². The molecule has 5 heteroatoms. The van der Waals surface area contributed by atoms with E-state index in [1.54, 1.807) is 4.90 Å². The first-order valence-electron chi connectivity index (χ1n) is 8.99. The molecule has 1 aliphatic heterocycles. The summed E-state index contributed by atoms with van der Waals surface area (Å²) < 4.78 is 0. The van der Waals surface area contributed by atoms with Crippen molar-refractivity contribution in [2.24, 2.45) is 0 Å². The van der Waals surface area contributed by atoms with Crippen LogP contribution in [-0.2, 0) is 0 Å². The second kappa shape index (κ2) is 9.17. The zero-order valence-electron chi connectivity index (χ0n) is 15.0. The Kier molecular flexibility index (Phi) is 6.67. The lowest BCUT2D eigenvalue weighted by molar-refractivity contribution is -0.897. The largest absolute Gasteiger partial charge is 0.338 e. The molecular weight excluding hydrogens is 362 g/mol. The van der Waals surface area contributed by atoms with Crippen LogP contribution in [0, 0.1) is 6.92 Å². The summed E-state index contributed by atoms with van der Waals surface area (Å²) in [5.41, 5.74) is 3.28. The highest BCUT2D eigenvalue weighted by atomic mass is 35.5. The molecule has 26 heavy (non-hydrogen) atoms. The van der Waals surface area contributed by atoms with Gasteiger partial charge in [0.05, 0.1) is 32.7 Å². The maximum absolute atomic E-state index is 6.19. The minimum atomic E-state index is 0.761. The number of quaternary nitrogens is 1. The molecule has 136 valence electrons. The van der Waals surface area contributed by atoms with Gasteiger partial charge in [-0.25, -0.2) is 0 Å². The number of hydrogen-bond donors (Lipinski definition) is 2. The van der Waals surface area contributed by atoms with E-state index in [-0.39, 0.29) is 0 Å². The highest BCUT2D eigenvalue weighted by Crippen LogP contribution is 2.23. The Morgan fingerprint density at radius 2 is 1.88 bits per heavy atom. The van der Waals surface area contributed by atoms with Gasteiger partial charge in [-0.3, -0.25) is 0 Å². The number of benzene rings is 2. The number of nitrogens with one attached hydrogen (secondary N) is 2. The van der Waals surface area contributed by atoms with E-state index in [2.05, 4.69) is 46.6 Å². The van der Waals surface area contributed by atoms with Crippen LogP contribution in [0.3, 0.4) is 0 Å². The summed E-state index contributed by atoms with van der Waals surface area (Å²) in [7, 11) is 0. The predicted molar refractivity (Wildman–Crippen MR) is 115 cm³/mol. The summed E-state index contributed by atoms with van der Waals surface area (Å²) in [5, 5.41) is 4.90. The van der Waals surface area contributed by atoms with Crippen LogP contribution in [0.15, 0.2) is 54.6 Å². The molecule has 0 radical (unpaired) electrons. The average Bonchev–Trinajstić information content (AvgIpc) is 2.67. The molecule has 0 unspecified atom stereocenters. The molecule has 0 spiro atoms. The topological polar surface area (TPSA) is 19.7 Å². The van der Waals surface area contributed by atoms with E-state index in [1.807, 2.05) is 31.2 Å². The molecule has 0 bridgehead atoms. The molecule has 3 rings (SSSR count). The first-order chi connectivity index (χ1) is 12.6. The van der Waals surface area contributed by atoms with Crippen molar-refractivity contribution in [1.29, 1.82) is 0 Å². The number of piperazine rings is 1. The summed E-state index contributed by atoms with van der Waals surface area (Å²) in [4.78, 5) is 3.84. The fourth-order valence-corrected chi connectivity index (χ4v) is 3.56. The van der Waals surface area contributed by atoms with Gasteiger partial charge in [0.15, 0.2) is 5.11 Å². The van der Waals surface area contributed by atoms with E-state index in [0.29, 0.717) is 0 Å². The van der Waals surface area contributed by atoms with Crippen molar-refractivity contribution in [2.45, 2.75) is 6.92 Å². The zero-order valence-corrected chi connectivity index (χ0v) is 16.6. The van der Waals surface area contributed by atoms with Crippen molar-refractivity contribution < 1.29 is 4.90 Å². The first kappa shape index (κ1) is 18.9.